The fourth-order valence-electron chi connectivity index (χ4n) is 3.62. The number of nitrogens with one attached hydrogen (secondary N) is 1. The molecule has 1 fully saturated rings. The van der Waals surface area contributed by atoms with Gasteiger partial charge in [-0.3, -0.25) is 4.31 Å². The Labute approximate surface area is 180 Å². The fraction of sp³-hybridized carbons (Fsp3) is 0.350. The molecule has 0 bridgehead atoms. The quantitative estimate of drug-likeness (QED) is 0.598. The molecule has 0 spiro atoms. The number of pyridine rings is 1. The number of hydrogen-bond donors (Lipinski definition) is 1. The molecule has 0 saturated carbocycles. The summed E-state index contributed by atoms with van der Waals surface area (Å²) in [6.45, 7) is 0.871. The summed E-state index contributed by atoms with van der Waals surface area (Å²) in [4.78, 5) is 4.08. The Morgan fingerprint density at radius 2 is 1.97 bits per heavy atom. The minimum atomic E-state index is -3.49. The maximum atomic E-state index is 11.9. The van der Waals surface area contributed by atoms with Crippen LogP contribution in [0.2, 0.25) is 5.15 Å². The van der Waals surface area contributed by atoms with E-state index in [4.69, 9.17) is 16.0 Å². The van der Waals surface area contributed by atoms with Gasteiger partial charge in [0.05, 0.1) is 12.3 Å². The van der Waals surface area contributed by atoms with E-state index in [0.29, 0.717) is 11.5 Å². The van der Waals surface area contributed by atoms with E-state index in [9.17, 15) is 8.42 Å². The summed E-state index contributed by atoms with van der Waals surface area (Å²) in [5.74, 6) is 1.15. The van der Waals surface area contributed by atoms with Gasteiger partial charge < -0.3 is 9.73 Å². The zero-order valence-corrected chi connectivity index (χ0v) is 18.2. The maximum absolute atomic E-state index is 11.9. The van der Waals surface area contributed by atoms with Gasteiger partial charge in [0.2, 0.25) is 21.8 Å². The molecule has 1 N–H and O–H groups in total. The Morgan fingerprint density at radius 3 is 2.70 bits per heavy atom. The maximum Gasteiger partial charge on any atom is 0.248 e. The van der Waals surface area contributed by atoms with Gasteiger partial charge in [0.25, 0.3) is 0 Å². The molecule has 158 valence electrons. The lowest BCUT2D eigenvalue weighted by atomic mass is 9.85. The molecule has 2 aromatic heterocycles. The van der Waals surface area contributed by atoms with E-state index >= 15 is 0 Å². The van der Waals surface area contributed by atoms with Crippen LogP contribution in [0.4, 0.5) is 5.82 Å². The first-order valence-electron chi connectivity index (χ1n) is 9.56. The van der Waals surface area contributed by atoms with Crippen LogP contribution in [-0.2, 0) is 10.0 Å². The largest absolute Gasteiger partial charge is 0.419 e. The van der Waals surface area contributed by atoms with E-state index in [-0.39, 0.29) is 28.8 Å². The summed E-state index contributed by atoms with van der Waals surface area (Å²) in [6.07, 6.45) is 3.18. The third-order valence-corrected chi connectivity index (χ3v) is 6.62. The Balaban J connectivity index is 1.66. The number of sulfonamides is 1. The second-order valence-electron chi connectivity index (χ2n) is 7.30. The first-order chi connectivity index (χ1) is 14.3. The van der Waals surface area contributed by atoms with Crippen LogP contribution in [-0.4, -0.2) is 43.4 Å². The van der Waals surface area contributed by atoms with Crippen molar-refractivity contribution in [3.05, 3.63) is 59.1 Å². The van der Waals surface area contributed by atoms with E-state index in [1.807, 2.05) is 18.2 Å². The lowest BCUT2D eigenvalue weighted by Crippen LogP contribution is -2.33. The minimum absolute atomic E-state index is 0.0992. The lowest BCUT2D eigenvalue weighted by Gasteiger charge is -2.30. The van der Waals surface area contributed by atoms with Gasteiger partial charge in [0.1, 0.15) is 11.0 Å². The third kappa shape index (κ3) is 4.33. The molecule has 3 heterocycles. The lowest BCUT2D eigenvalue weighted by molar-refractivity contribution is 0.303. The van der Waals surface area contributed by atoms with Crippen molar-refractivity contribution < 1.29 is 12.8 Å². The predicted molar refractivity (Wildman–Crippen MR) is 115 cm³/mol. The summed E-state index contributed by atoms with van der Waals surface area (Å²) in [5, 5.41) is 12.1. The number of hydrogen-bond acceptors (Lipinski definition) is 7. The van der Waals surface area contributed by atoms with Gasteiger partial charge >= 0.3 is 0 Å². The molecule has 0 amide bonds. The van der Waals surface area contributed by atoms with E-state index in [1.165, 1.54) is 12.6 Å². The van der Waals surface area contributed by atoms with Crippen molar-refractivity contribution in [2.45, 2.75) is 24.8 Å². The zero-order chi connectivity index (χ0) is 21.3. The first kappa shape index (κ1) is 20.8. The average molecular weight is 448 g/mol. The van der Waals surface area contributed by atoms with Gasteiger partial charge in [0.15, 0.2) is 0 Å². The average Bonchev–Trinajstić information content (AvgIpc) is 3.23. The highest BCUT2D eigenvalue weighted by Gasteiger charge is 2.32. The molecule has 30 heavy (non-hydrogen) atoms. The molecule has 1 aliphatic heterocycles. The number of piperidine rings is 1. The highest BCUT2D eigenvalue weighted by atomic mass is 35.5. The van der Waals surface area contributed by atoms with Gasteiger partial charge in [-0.05, 0) is 37.1 Å². The summed E-state index contributed by atoms with van der Waals surface area (Å²) < 4.78 is 30.8. The van der Waals surface area contributed by atoms with Crippen molar-refractivity contribution in [3.8, 4) is 11.5 Å². The molecular weight excluding hydrogens is 426 g/mol. The highest BCUT2D eigenvalue weighted by Crippen LogP contribution is 2.37. The molecule has 0 radical (unpaired) electrons. The Kier molecular flexibility index (Phi) is 5.77. The van der Waals surface area contributed by atoms with E-state index in [0.717, 1.165) is 29.9 Å². The van der Waals surface area contributed by atoms with Gasteiger partial charge in [-0.2, -0.15) is 0 Å². The van der Waals surface area contributed by atoms with Crippen LogP contribution >= 0.6 is 11.6 Å². The third-order valence-electron chi connectivity index (χ3n) is 5.24. The topological polar surface area (TPSA) is 101 Å². The smallest absolute Gasteiger partial charge is 0.248 e. The molecule has 0 unspecified atom stereocenters. The molecule has 1 saturated heterocycles. The number of halogens is 1. The fourth-order valence-corrected chi connectivity index (χ4v) is 4.26. The van der Waals surface area contributed by atoms with Crippen LogP contribution < -0.4 is 9.62 Å². The second kappa shape index (κ2) is 8.33. The Hall–Kier alpha value is -2.49. The molecule has 3 aromatic rings. The molecule has 2 atom stereocenters. The summed E-state index contributed by atoms with van der Waals surface area (Å²) in [6, 6.07) is 13.3. The Bertz CT molecular complexity index is 1140. The molecule has 1 aliphatic rings. The van der Waals surface area contributed by atoms with Gasteiger partial charge in [-0.25, -0.2) is 13.4 Å². The summed E-state index contributed by atoms with van der Waals surface area (Å²) >= 11 is 6.12. The van der Waals surface area contributed by atoms with Crippen molar-refractivity contribution in [1.82, 2.24) is 20.5 Å². The number of rotatable bonds is 5. The number of nitrogens with zero attached hydrogens (tertiary/aromatic N) is 4. The van der Waals surface area contributed by atoms with Gasteiger partial charge in [-0.1, -0.05) is 41.9 Å². The van der Waals surface area contributed by atoms with E-state index < -0.39 is 10.0 Å². The monoisotopic (exact) mass is 447 g/mol. The minimum Gasteiger partial charge on any atom is -0.419 e. The van der Waals surface area contributed by atoms with Crippen LogP contribution in [0.15, 0.2) is 46.9 Å². The van der Waals surface area contributed by atoms with Crippen LogP contribution in [0.5, 0.6) is 0 Å². The van der Waals surface area contributed by atoms with Crippen molar-refractivity contribution in [2.24, 2.45) is 0 Å². The summed E-state index contributed by atoms with van der Waals surface area (Å²) in [7, 11) is -2.08. The van der Waals surface area contributed by atoms with Crippen molar-refractivity contribution >= 4 is 27.4 Å². The molecule has 10 heteroatoms. The summed E-state index contributed by atoms with van der Waals surface area (Å²) in [5.41, 5.74) is 1.73. The normalized spacial score (nSPS) is 19.6. The number of aromatic nitrogens is 3. The zero-order valence-electron chi connectivity index (χ0n) is 16.6. The number of benzene rings is 1. The first-order valence-corrected chi connectivity index (χ1v) is 11.8. The number of anilines is 1. The van der Waals surface area contributed by atoms with Crippen molar-refractivity contribution in [3.63, 3.8) is 0 Å². The standard InChI is InChI=1S/C20H22ClN5O3S/c1-26(30(2,27)28)17-12-14(11-16(21)23-17)19-24-25-20(29-19)18-15(9-6-10-22-18)13-7-4-3-5-8-13/h3-5,7-8,11-12,15,18,22H,6,9-10H2,1-2H3/t15-,18-/m0/s1. The molecule has 4 rings (SSSR count). The van der Waals surface area contributed by atoms with Crippen LogP contribution in [0, 0.1) is 0 Å². The molecule has 1 aromatic carbocycles. The van der Waals surface area contributed by atoms with Crippen molar-refractivity contribution in [1.29, 1.82) is 0 Å². The molecular formula is C20H22ClN5O3S. The van der Waals surface area contributed by atoms with Crippen LogP contribution in [0.1, 0.15) is 36.3 Å². The van der Waals surface area contributed by atoms with Crippen LogP contribution in [0.3, 0.4) is 0 Å². The van der Waals surface area contributed by atoms with E-state index in [1.54, 1.807) is 12.1 Å². The Morgan fingerprint density at radius 1 is 1.20 bits per heavy atom. The van der Waals surface area contributed by atoms with E-state index in [2.05, 4.69) is 32.6 Å². The van der Waals surface area contributed by atoms with Crippen LogP contribution in [0.25, 0.3) is 11.5 Å². The van der Waals surface area contributed by atoms with Gasteiger partial charge in [0, 0.05) is 18.5 Å². The SMILES string of the molecule is CN(c1cc(-c2nnc([C@H]3NCCC[C@H]3c3ccccc3)o2)cc(Cl)n1)S(C)(=O)=O. The molecule has 8 nitrogen and oxygen atoms in total. The second-order valence-corrected chi connectivity index (χ2v) is 9.70. The highest BCUT2D eigenvalue weighted by molar-refractivity contribution is 7.92. The van der Waals surface area contributed by atoms with Crippen molar-refractivity contribution in [2.75, 3.05) is 24.2 Å². The van der Waals surface area contributed by atoms with Gasteiger partial charge in [-0.15, -0.1) is 10.2 Å². The predicted octanol–water partition coefficient (Wildman–Crippen LogP) is 3.39. The molecule has 0 aliphatic carbocycles.